The van der Waals surface area contributed by atoms with E-state index < -0.39 is 0 Å². The maximum Gasteiger partial charge on any atom is 0.392 e. The van der Waals surface area contributed by atoms with Gasteiger partial charge in [-0.2, -0.15) is 4.58 Å². The minimum atomic E-state index is 0.0278. The molecule has 60 valence electrons. The molecule has 2 heterocycles. The third-order valence-corrected chi connectivity index (χ3v) is 4.14. The van der Waals surface area contributed by atoms with Crippen molar-refractivity contribution in [3.63, 3.8) is 0 Å². The Hall–Kier alpha value is -0.230. The maximum absolute atomic E-state index is 11.4. The lowest BCUT2D eigenvalue weighted by molar-refractivity contribution is -0.514. The molecule has 0 radical (unpaired) electrons. The van der Waals surface area contributed by atoms with Gasteiger partial charge in [0.2, 0.25) is 0 Å². The number of amides is 1. The van der Waals surface area contributed by atoms with Gasteiger partial charge in [0.15, 0.2) is 11.0 Å². The second-order valence-electron chi connectivity index (χ2n) is 4.17. The lowest BCUT2D eigenvalue weighted by atomic mass is 10.1. The van der Waals surface area contributed by atoms with Crippen molar-refractivity contribution in [2.24, 2.45) is 0 Å². The van der Waals surface area contributed by atoms with Crippen LogP contribution in [-0.4, -0.2) is 33.8 Å². The summed E-state index contributed by atoms with van der Waals surface area (Å²) >= 11 is 0. The average Bonchev–Trinajstić information content (AvgIpc) is 2.38. The van der Waals surface area contributed by atoms with Crippen LogP contribution in [-0.2, 0) is 4.79 Å². The molecule has 1 fully saturated rings. The van der Waals surface area contributed by atoms with Crippen molar-refractivity contribution in [1.29, 1.82) is 0 Å². The third-order valence-electron chi connectivity index (χ3n) is 2.10. The summed E-state index contributed by atoms with van der Waals surface area (Å²) in [5.74, 6) is 0.352. The van der Waals surface area contributed by atoms with Crippen molar-refractivity contribution < 1.29 is 9.37 Å². The van der Waals surface area contributed by atoms with Crippen LogP contribution < -0.4 is 0 Å². The lowest BCUT2D eigenvalue weighted by Crippen LogP contribution is -2.37. The largest absolute Gasteiger partial charge is 0.392 e. The van der Waals surface area contributed by atoms with Crippen LogP contribution in [0.25, 0.3) is 0 Å². The van der Waals surface area contributed by atoms with Crippen LogP contribution in [0.3, 0.4) is 0 Å². The van der Waals surface area contributed by atoms with Crippen LogP contribution >= 0.6 is 7.92 Å². The Balaban J connectivity index is 2.39. The highest BCUT2D eigenvalue weighted by atomic mass is 31.1. The highest BCUT2D eigenvalue weighted by molar-refractivity contribution is 7.88. The fourth-order valence-corrected chi connectivity index (χ4v) is 3.80. The number of hydrogen-bond donors (Lipinski definition) is 0. The Bertz CT molecular complexity index is 262. The first-order chi connectivity index (χ1) is 5.00. The van der Waals surface area contributed by atoms with E-state index in [1.54, 1.807) is 0 Å². The van der Waals surface area contributed by atoms with Gasteiger partial charge in [-0.3, -0.25) is 0 Å². The molecule has 0 aliphatic carbocycles. The smallest absolute Gasteiger partial charge is 0.219 e. The van der Waals surface area contributed by atoms with Gasteiger partial charge in [-0.25, -0.2) is 4.79 Å². The highest BCUT2D eigenvalue weighted by Gasteiger charge is 2.55. The average molecular weight is 170 g/mol. The van der Waals surface area contributed by atoms with E-state index in [0.29, 0.717) is 5.91 Å². The van der Waals surface area contributed by atoms with Gasteiger partial charge >= 0.3 is 5.91 Å². The third kappa shape index (κ3) is 1.04. The summed E-state index contributed by atoms with van der Waals surface area (Å²) in [6.07, 6.45) is 2.07. The van der Waals surface area contributed by atoms with Gasteiger partial charge in [0.05, 0.1) is 6.16 Å². The number of nitrogens with zero attached hydrogens (tertiary/aromatic N) is 1. The summed E-state index contributed by atoms with van der Waals surface area (Å²) in [6, 6.07) is 0. The molecule has 11 heavy (non-hydrogen) atoms. The van der Waals surface area contributed by atoms with E-state index in [0.717, 1.165) is 6.16 Å². The van der Waals surface area contributed by atoms with Crippen LogP contribution in [0.1, 0.15) is 20.8 Å². The summed E-state index contributed by atoms with van der Waals surface area (Å²) in [5, 5.41) is 0. The van der Waals surface area contributed by atoms with E-state index in [4.69, 9.17) is 0 Å². The lowest BCUT2D eigenvalue weighted by Gasteiger charge is -2.12. The van der Waals surface area contributed by atoms with Crippen LogP contribution in [0.4, 0.5) is 0 Å². The van der Waals surface area contributed by atoms with Crippen molar-refractivity contribution >= 4 is 19.3 Å². The Kier molecular flexibility index (Phi) is 1.30. The maximum atomic E-state index is 11.4. The Morgan fingerprint density at radius 1 is 1.36 bits per heavy atom. The van der Waals surface area contributed by atoms with Gasteiger partial charge in [0.25, 0.3) is 0 Å². The summed E-state index contributed by atoms with van der Waals surface area (Å²) in [5.41, 5.74) is 1.47. The standard InChI is InChI=1S/C8H13NOP/c1-8(2,3)9-6(10)4-11-5-7(9)11/h4-5H2,1-3H3/q+1. The molecule has 1 saturated heterocycles. The van der Waals surface area contributed by atoms with Crippen LogP contribution in [0, 0.1) is 0 Å². The molecular formula is C8H13NOP+. The topological polar surface area (TPSA) is 20.1 Å². The molecule has 1 amide bonds. The van der Waals surface area contributed by atoms with Crippen molar-refractivity contribution in [2.75, 3.05) is 12.3 Å². The summed E-state index contributed by atoms with van der Waals surface area (Å²) < 4.78 is 2.01. The molecule has 2 aliphatic heterocycles. The molecule has 0 saturated carbocycles. The van der Waals surface area contributed by atoms with Gasteiger partial charge in [-0.15, -0.1) is 0 Å². The second kappa shape index (κ2) is 1.92. The first kappa shape index (κ1) is 7.42. The molecule has 1 unspecified atom stereocenters. The predicted octanol–water partition coefficient (Wildman–Crippen LogP) is 1.23. The minimum absolute atomic E-state index is 0.0278. The molecule has 0 aromatic rings. The van der Waals surface area contributed by atoms with Crippen molar-refractivity contribution in [1.82, 2.24) is 0 Å². The molecule has 2 nitrogen and oxygen atoms in total. The van der Waals surface area contributed by atoms with E-state index in [1.165, 1.54) is 11.6 Å². The Morgan fingerprint density at radius 2 is 2.00 bits per heavy atom. The molecule has 2 rings (SSSR count). The zero-order chi connectivity index (χ0) is 8.22. The van der Waals surface area contributed by atoms with Gasteiger partial charge in [-0.1, -0.05) is 0 Å². The van der Waals surface area contributed by atoms with Gasteiger partial charge < -0.3 is 0 Å². The minimum Gasteiger partial charge on any atom is -0.219 e. The van der Waals surface area contributed by atoms with E-state index in [-0.39, 0.29) is 13.5 Å². The molecule has 3 heteroatoms. The van der Waals surface area contributed by atoms with Crippen LogP contribution in [0.15, 0.2) is 0 Å². The summed E-state index contributed by atoms with van der Waals surface area (Å²) in [4.78, 5) is 11.4. The van der Waals surface area contributed by atoms with Crippen LogP contribution in [0.2, 0.25) is 0 Å². The van der Waals surface area contributed by atoms with E-state index in [2.05, 4.69) is 20.8 Å². The predicted molar refractivity (Wildman–Crippen MR) is 46.7 cm³/mol. The highest BCUT2D eigenvalue weighted by Crippen LogP contribution is 2.57. The normalized spacial score (nSPS) is 29.4. The first-order valence-electron chi connectivity index (χ1n) is 3.94. The molecule has 2 aliphatic rings. The molecule has 0 aromatic heterocycles. The monoisotopic (exact) mass is 170 g/mol. The van der Waals surface area contributed by atoms with Gasteiger partial charge in [0, 0.05) is 28.7 Å². The quantitative estimate of drug-likeness (QED) is 0.395. The SMILES string of the molecule is CC(C)(C)[N+]1=C2CP2CC1=O. The molecule has 0 aromatic carbocycles. The van der Waals surface area contributed by atoms with E-state index in [1.807, 2.05) is 4.58 Å². The summed E-state index contributed by atoms with van der Waals surface area (Å²) in [6.45, 7) is 6.32. The Labute approximate surface area is 68.0 Å². The van der Waals surface area contributed by atoms with Gasteiger partial charge in [-0.05, 0) is 0 Å². The number of carbonyl (C=O) groups excluding carboxylic acids is 1. The molecule has 0 N–H and O–H groups in total. The summed E-state index contributed by atoms with van der Waals surface area (Å²) in [7, 11) is 0.0518. The van der Waals surface area contributed by atoms with E-state index >= 15 is 0 Å². The fourth-order valence-electron chi connectivity index (χ4n) is 1.63. The first-order valence-corrected chi connectivity index (χ1v) is 5.65. The van der Waals surface area contributed by atoms with Crippen molar-refractivity contribution in [2.45, 2.75) is 26.3 Å². The second-order valence-corrected chi connectivity index (χ2v) is 6.40. The fraction of sp³-hybridized carbons (Fsp3) is 0.750. The van der Waals surface area contributed by atoms with Crippen molar-refractivity contribution in [3.05, 3.63) is 0 Å². The number of carbonyl (C=O) groups is 1. The van der Waals surface area contributed by atoms with Gasteiger partial charge in [0.1, 0.15) is 6.16 Å². The zero-order valence-corrected chi connectivity index (χ0v) is 8.11. The Morgan fingerprint density at radius 3 is 2.27 bits per heavy atom. The molecule has 1 atom stereocenters. The number of rotatable bonds is 0. The molecule has 0 bridgehead atoms. The van der Waals surface area contributed by atoms with Crippen LogP contribution in [0.5, 0.6) is 0 Å². The number of hydrogen-bond acceptors (Lipinski definition) is 1. The van der Waals surface area contributed by atoms with Crippen molar-refractivity contribution in [3.8, 4) is 0 Å². The zero-order valence-electron chi connectivity index (χ0n) is 7.22. The van der Waals surface area contributed by atoms with E-state index in [9.17, 15) is 4.79 Å². The molecular weight excluding hydrogens is 157 g/mol. The number of fused-ring (bicyclic) bond motifs is 1. The molecule has 0 spiro atoms.